The minimum Gasteiger partial charge on any atom is -0.366 e. The molecule has 0 saturated heterocycles. The van der Waals surface area contributed by atoms with Crippen molar-refractivity contribution in [3.8, 4) is 6.07 Å². The number of hydrogen-bond donors (Lipinski definition) is 1. The number of aromatic nitrogens is 1. The van der Waals surface area contributed by atoms with Crippen molar-refractivity contribution in [2.24, 2.45) is 5.73 Å². The second-order valence-electron chi connectivity index (χ2n) is 6.40. The third-order valence-electron chi connectivity index (χ3n) is 4.60. The molecule has 4 rings (SSSR count). The number of nitrogens with zero attached hydrogens (tertiary/aromatic N) is 2. The van der Waals surface area contributed by atoms with Gasteiger partial charge in [0, 0.05) is 22.9 Å². The monoisotopic (exact) mass is 338 g/mol. The first-order chi connectivity index (χ1) is 12.6. The van der Waals surface area contributed by atoms with Crippen molar-refractivity contribution in [2.75, 3.05) is 0 Å². The van der Waals surface area contributed by atoms with Gasteiger partial charge in [0.1, 0.15) is 0 Å². The molecule has 0 aliphatic heterocycles. The van der Waals surface area contributed by atoms with Crippen molar-refractivity contribution in [1.82, 2.24) is 4.57 Å². The van der Waals surface area contributed by atoms with Gasteiger partial charge in [-0.3, -0.25) is 4.79 Å². The van der Waals surface area contributed by atoms with Crippen molar-refractivity contribution in [3.63, 3.8) is 0 Å². The molecule has 3 aromatic carbocycles. The predicted octanol–water partition coefficient (Wildman–Crippen LogP) is 3.92. The number of nitriles is 1. The molecular formula is C22H16N3O. The van der Waals surface area contributed by atoms with Gasteiger partial charge in [-0.1, -0.05) is 24.3 Å². The second-order valence-corrected chi connectivity index (χ2v) is 6.40. The molecule has 0 aliphatic carbocycles. The molecule has 0 fully saturated rings. The van der Waals surface area contributed by atoms with E-state index in [0.717, 1.165) is 32.9 Å². The van der Waals surface area contributed by atoms with E-state index < -0.39 is 5.91 Å². The van der Waals surface area contributed by atoms with Crippen LogP contribution in [0.25, 0.3) is 21.8 Å². The van der Waals surface area contributed by atoms with Gasteiger partial charge in [0.2, 0.25) is 5.91 Å². The van der Waals surface area contributed by atoms with Gasteiger partial charge in [-0.05, 0) is 54.4 Å². The third-order valence-corrected chi connectivity index (χ3v) is 4.60. The number of rotatable bonds is 3. The summed E-state index contributed by atoms with van der Waals surface area (Å²) in [7, 11) is 0. The van der Waals surface area contributed by atoms with Crippen LogP contribution in [0.15, 0.2) is 54.6 Å². The molecule has 2 N–H and O–H groups in total. The Kier molecular flexibility index (Phi) is 3.70. The molecule has 0 aliphatic rings. The van der Waals surface area contributed by atoms with E-state index in [-0.39, 0.29) is 0 Å². The summed E-state index contributed by atoms with van der Waals surface area (Å²) in [6.07, 6.45) is 0. The quantitative estimate of drug-likeness (QED) is 0.615. The lowest BCUT2D eigenvalue weighted by Crippen LogP contribution is -2.11. The summed E-state index contributed by atoms with van der Waals surface area (Å²) < 4.78 is 2.15. The minimum absolute atomic E-state index is 0.449. The van der Waals surface area contributed by atoms with E-state index in [1.807, 2.05) is 43.3 Å². The van der Waals surface area contributed by atoms with Crippen molar-refractivity contribution >= 4 is 27.7 Å². The van der Waals surface area contributed by atoms with E-state index in [4.69, 9.17) is 11.0 Å². The maximum Gasteiger partial charge on any atom is 0.249 e. The first-order valence-electron chi connectivity index (χ1n) is 8.30. The molecule has 0 atom stereocenters. The zero-order valence-electron chi connectivity index (χ0n) is 14.3. The Morgan fingerprint density at radius 3 is 2.77 bits per heavy atom. The molecule has 4 aromatic rings. The number of nitrogens with two attached hydrogens (primary N) is 1. The molecular weight excluding hydrogens is 322 g/mol. The van der Waals surface area contributed by atoms with Crippen molar-refractivity contribution < 1.29 is 4.79 Å². The normalized spacial score (nSPS) is 10.9. The second kappa shape index (κ2) is 6.05. The highest BCUT2D eigenvalue weighted by atomic mass is 16.1. The molecule has 0 spiro atoms. The van der Waals surface area contributed by atoms with Crippen molar-refractivity contribution in [2.45, 2.75) is 13.5 Å². The first kappa shape index (κ1) is 15.9. The Labute approximate surface area is 151 Å². The average Bonchev–Trinajstić information content (AvgIpc) is 2.95. The summed E-state index contributed by atoms with van der Waals surface area (Å²) in [5.41, 5.74) is 10.8. The fourth-order valence-corrected chi connectivity index (χ4v) is 3.46. The van der Waals surface area contributed by atoms with Crippen LogP contribution in [-0.2, 0) is 6.54 Å². The summed E-state index contributed by atoms with van der Waals surface area (Å²) in [5, 5.41) is 10.9. The lowest BCUT2D eigenvalue weighted by atomic mass is 10.1. The van der Waals surface area contributed by atoms with E-state index >= 15 is 0 Å². The van der Waals surface area contributed by atoms with Gasteiger partial charge in [0.25, 0.3) is 0 Å². The van der Waals surface area contributed by atoms with Crippen LogP contribution >= 0.6 is 0 Å². The SMILES string of the molecule is Cc1c[c]c2c3c(C(N)=O)cccc3n(Cc3cccc(C#N)c3)c2c1. The molecule has 125 valence electrons. The number of carbonyl (C=O) groups excluding carboxylic acids is 1. The van der Waals surface area contributed by atoms with Gasteiger partial charge < -0.3 is 10.3 Å². The number of fused-ring (bicyclic) bond motifs is 3. The lowest BCUT2D eigenvalue weighted by molar-refractivity contribution is 0.100. The van der Waals surface area contributed by atoms with Gasteiger partial charge >= 0.3 is 0 Å². The van der Waals surface area contributed by atoms with E-state index in [0.29, 0.717) is 17.7 Å². The van der Waals surface area contributed by atoms with E-state index in [9.17, 15) is 4.79 Å². The smallest absolute Gasteiger partial charge is 0.249 e. The van der Waals surface area contributed by atoms with E-state index in [1.165, 1.54) is 0 Å². The number of amides is 1. The maximum absolute atomic E-state index is 11.9. The van der Waals surface area contributed by atoms with Gasteiger partial charge in [0.15, 0.2) is 0 Å². The summed E-state index contributed by atoms with van der Waals surface area (Å²) >= 11 is 0. The molecule has 4 heteroatoms. The number of carbonyl (C=O) groups is 1. The zero-order valence-corrected chi connectivity index (χ0v) is 14.3. The Morgan fingerprint density at radius 2 is 2.00 bits per heavy atom. The highest BCUT2D eigenvalue weighted by Gasteiger charge is 2.16. The van der Waals surface area contributed by atoms with Crippen LogP contribution in [0.1, 0.15) is 27.0 Å². The maximum atomic E-state index is 11.9. The number of hydrogen-bond acceptors (Lipinski definition) is 2. The predicted molar refractivity (Wildman–Crippen MR) is 102 cm³/mol. The van der Waals surface area contributed by atoms with Crippen LogP contribution in [-0.4, -0.2) is 10.5 Å². The van der Waals surface area contributed by atoms with Crippen LogP contribution in [0, 0.1) is 24.3 Å². The van der Waals surface area contributed by atoms with Gasteiger partial charge in [0.05, 0.1) is 22.7 Å². The zero-order chi connectivity index (χ0) is 18.3. The molecule has 4 nitrogen and oxygen atoms in total. The van der Waals surface area contributed by atoms with Crippen LogP contribution in [0.2, 0.25) is 0 Å². The van der Waals surface area contributed by atoms with Gasteiger partial charge in [-0.25, -0.2) is 0 Å². The van der Waals surface area contributed by atoms with Crippen LogP contribution in [0.5, 0.6) is 0 Å². The lowest BCUT2D eigenvalue weighted by Gasteiger charge is -2.09. The van der Waals surface area contributed by atoms with Gasteiger partial charge in [-0.15, -0.1) is 0 Å². The first-order valence-corrected chi connectivity index (χ1v) is 8.30. The van der Waals surface area contributed by atoms with Crippen LogP contribution in [0.4, 0.5) is 0 Å². The van der Waals surface area contributed by atoms with E-state index in [2.05, 4.69) is 22.8 Å². The Bertz CT molecular complexity index is 1210. The number of primary amides is 1. The highest BCUT2D eigenvalue weighted by Crippen LogP contribution is 2.32. The molecule has 1 heterocycles. The summed E-state index contributed by atoms with van der Waals surface area (Å²) in [6, 6.07) is 22.6. The summed E-state index contributed by atoms with van der Waals surface area (Å²) in [6.45, 7) is 2.61. The summed E-state index contributed by atoms with van der Waals surface area (Å²) in [5.74, 6) is -0.449. The van der Waals surface area contributed by atoms with Crippen molar-refractivity contribution in [3.05, 3.63) is 82.9 Å². The largest absolute Gasteiger partial charge is 0.366 e. The Hall–Kier alpha value is -3.58. The average molecular weight is 338 g/mol. The molecule has 0 bridgehead atoms. The van der Waals surface area contributed by atoms with Crippen LogP contribution in [0.3, 0.4) is 0 Å². The number of benzene rings is 3. The number of aryl methyl sites for hydroxylation is 1. The fraction of sp³-hybridized carbons (Fsp3) is 0.0909. The standard InChI is InChI=1S/C22H16N3O/c1-14-8-9-17-20(10-14)25(13-16-5-2-4-15(11-16)12-23)19-7-3-6-18(21(17)19)22(24)26/h2-8,10-11H,13H2,1H3,(H2,24,26). The molecule has 1 aromatic heterocycles. The summed E-state index contributed by atoms with van der Waals surface area (Å²) in [4.78, 5) is 11.9. The third kappa shape index (κ3) is 2.51. The topological polar surface area (TPSA) is 71.8 Å². The van der Waals surface area contributed by atoms with Gasteiger partial charge in [-0.2, -0.15) is 5.26 Å². The molecule has 1 radical (unpaired) electrons. The Balaban J connectivity index is 2.03. The van der Waals surface area contributed by atoms with Crippen LogP contribution < -0.4 is 5.73 Å². The minimum atomic E-state index is -0.449. The van der Waals surface area contributed by atoms with E-state index in [1.54, 1.807) is 12.1 Å². The molecule has 0 unspecified atom stereocenters. The fourth-order valence-electron chi connectivity index (χ4n) is 3.46. The molecule has 0 saturated carbocycles. The van der Waals surface area contributed by atoms with Crippen molar-refractivity contribution in [1.29, 1.82) is 5.26 Å². The molecule has 1 amide bonds. The Morgan fingerprint density at radius 1 is 1.19 bits per heavy atom. The molecule has 26 heavy (non-hydrogen) atoms. The highest BCUT2D eigenvalue weighted by molar-refractivity contribution is 6.17.